The van der Waals surface area contributed by atoms with E-state index in [-0.39, 0.29) is 11.9 Å². The van der Waals surface area contributed by atoms with E-state index in [4.69, 9.17) is 0 Å². The zero-order chi connectivity index (χ0) is 23.8. The maximum atomic E-state index is 13.1. The molecule has 1 aliphatic heterocycles. The Morgan fingerprint density at radius 3 is 1.85 bits per heavy atom. The van der Waals surface area contributed by atoms with Gasteiger partial charge < -0.3 is 10.4 Å². The van der Waals surface area contributed by atoms with Crippen molar-refractivity contribution in [1.29, 1.82) is 0 Å². The molecule has 0 spiro atoms. The normalized spacial score (nSPS) is 16.0. The summed E-state index contributed by atoms with van der Waals surface area (Å²) in [5.74, 6) is -0.0106. The van der Waals surface area contributed by atoms with Crippen LogP contribution < -0.4 is 5.32 Å². The number of hydrogen-bond donors (Lipinski definition) is 2. The highest BCUT2D eigenvalue weighted by molar-refractivity contribution is 5.83. The smallest absolute Gasteiger partial charge is 0.237 e. The van der Waals surface area contributed by atoms with Gasteiger partial charge in [0.05, 0.1) is 12.1 Å². The van der Waals surface area contributed by atoms with Gasteiger partial charge in [-0.05, 0) is 48.4 Å². The lowest BCUT2D eigenvalue weighted by Gasteiger charge is -2.36. The number of carbonyl (C=O) groups is 1. The number of amides is 1. The second-order valence-electron chi connectivity index (χ2n) is 9.05. The molecular formula is C30H34N2O2. The van der Waals surface area contributed by atoms with Gasteiger partial charge >= 0.3 is 0 Å². The standard InChI is InChI=1S/C30H34N2O2/c1-23(33)21-28(30(34)31-22-24-11-5-2-6-12-24)32-19-17-27(18-20-32)29(25-13-7-3-8-14-25)26-15-9-4-10-16-26/h2-16,23,28,33H,17-22H2,1H3,(H,31,34)/t23-,28-/m1/s1. The lowest BCUT2D eigenvalue weighted by atomic mass is 9.88. The molecule has 4 heteroatoms. The molecule has 0 saturated carbocycles. The first-order chi connectivity index (χ1) is 16.6. The Bertz CT molecular complexity index is 1030. The zero-order valence-electron chi connectivity index (χ0n) is 19.9. The van der Waals surface area contributed by atoms with Gasteiger partial charge in [0.25, 0.3) is 0 Å². The van der Waals surface area contributed by atoms with Crippen LogP contribution in [-0.4, -0.2) is 41.1 Å². The van der Waals surface area contributed by atoms with Gasteiger partial charge in [0.15, 0.2) is 0 Å². The maximum Gasteiger partial charge on any atom is 0.237 e. The van der Waals surface area contributed by atoms with Crippen molar-refractivity contribution >= 4 is 11.5 Å². The topological polar surface area (TPSA) is 52.6 Å². The number of aliphatic hydroxyl groups is 1. The van der Waals surface area contributed by atoms with Gasteiger partial charge in [0, 0.05) is 19.6 Å². The predicted molar refractivity (Wildman–Crippen MR) is 138 cm³/mol. The Morgan fingerprint density at radius 1 is 0.853 bits per heavy atom. The van der Waals surface area contributed by atoms with Crippen molar-refractivity contribution in [2.24, 2.45) is 0 Å². The predicted octanol–water partition coefficient (Wildman–Crippen LogP) is 5.04. The summed E-state index contributed by atoms with van der Waals surface area (Å²) in [5.41, 5.74) is 6.28. The summed E-state index contributed by atoms with van der Waals surface area (Å²) in [5, 5.41) is 13.2. The van der Waals surface area contributed by atoms with Crippen molar-refractivity contribution in [2.75, 3.05) is 13.1 Å². The first kappa shape index (κ1) is 23.9. The molecule has 2 atom stereocenters. The number of nitrogens with zero attached hydrogens (tertiary/aromatic N) is 1. The molecule has 1 fully saturated rings. The van der Waals surface area contributed by atoms with Gasteiger partial charge in [-0.2, -0.15) is 0 Å². The molecule has 0 aliphatic carbocycles. The minimum absolute atomic E-state index is 0.0106. The SMILES string of the molecule is C[C@@H](O)C[C@H](C(=O)NCc1ccccc1)N1CCC(=C(c2ccccc2)c2ccccc2)CC1. The number of aliphatic hydroxyl groups excluding tert-OH is 1. The molecule has 1 heterocycles. The van der Waals surface area contributed by atoms with Crippen molar-refractivity contribution in [3.8, 4) is 0 Å². The van der Waals surface area contributed by atoms with E-state index in [0.717, 1.165) is 31.5 Å². The Labute approximate surface area is 202 Å². The quantitative estimate of drug-likeness (QED) is 0.501. The van der Waals surface area contributed by atoms with Crippen LogP contribution in [0.1, 0.15) is 42.9 Å². The maximum absolute atomic E-state index is 13.1. The number of rotatable bonds is 8. The summed E-state index contributed by atoms with van der Waals surface area (Å²) >= 11 is 0. The molecule has 3 aromatic rings. The fourth-order valence-corrected chi connectivity index (χ4v) is 4.79. The third kappa shape index (κ3) is 6.22. The molecular weight excluding hydrogens is 420 g/mol. The fraction of sp³-hybridized carbons (Fsp3) is 0.300. The van der Waals surface area contributed by atoms with E-state index in [2.05, 4.69) is 58.7 Å². The monoisotopic (exact) mass is 454 g/mol. The summed E-state index contributed by atoms with van der Waals surface area (Å²) in [4.78, 5) is 15.4. The fourth-order valence-electron chi connectivity index (χ4n) is 4.79. The summed E-state index contributed by atoms with van der Waals surface area (Å²) in [6, 6.07) is 30.8. The minimum Gasteiger partial charge on any atom is -0.393 e. The molecule has 4 rings (SSSR count). The van der Waals surface area contributed by atoms with Gasteiger partial charge in [-0.25, -0.2) is 0 Å². The van der Waals surface area contributed by atoms with Gasteiger partial charge in [0.2, 0.25) is 5.91 Å². The number of benzene rings is 3. The third-order valence-corrected chi connectivity index (χ3v) is 6.50. The van der Waals surface area contributed by atoms with Crippen LogP contribution in [0.2, 0.25) is 0 Å². The van der Waals surface area contributed by atoms with Crippen LogP contribution in [0.4, 0.5) is 0 Å². The van der Waals surface area contributed by atoms with Crippen LogP contribution in [0.25, 0.3) is 5.57 Å². The molecule has 0 radical (unpaired) electrons. The van der Waals surface area contributed by atoms with E-state index in [0.29, 0.717) is 13.0 Å². The lowest BCUT2D eigenvalue weighted by molar-refractivity contribution is -0.128. The second-order valence-corrected chi connectivity index (χ2v) is 9.05. The van der Waals surface area contributed by atoms with E-state index in [1.165, 1.54) is 22.3 Å². The zero-order valence-corrected chi connectivity index (χ0v) is 19.9. The Kier molecular flexibility index (Phi) is 8.29. The van der Waals surface area contributed by atoms with Gasteiger partial charge in [-0.3, -0.25) is 9.69 Å². The minimum atomic E-state index is -0.534. The van der Waals surface area contributed by atoms with Crippen molar-refractivity contribution in [1.82, 2.24) is 10.2 Å². The first-order valence-electron chi connectivity index (χ1n) is 12.2. The van der Waals surface area contributed by atoms with Crippen LogP contribution in [-0.2, 0) is 11.3 Å². The van der Waals surface area contributed by atoms with E-state index in [9.17, 15) is 9.90 Å². The number of nitrogens with one attached hydrogen (secondary N) is 1. The number of carbonyl (C=O) groups excluding carboxylic acids is 1. The van der Waals surface area contributed by atoms with E-state index in [1.807, 2.05) is 42.5 Å². The molecule has 4 nitrogen and oxygen atoms in total. The molecule has 3 aromatic carbocycles. The molecule has 176 valence electrons. The van der Waals surface area contributed by atoms with Crippen LogP contribution in [0.3, 0.4) is 0 Å². The second kappa shape index (κ2) is 11.8. The molecule has 0 unspecified atom stereocenters. The van der Waals surface area contributed by atoms with E-state index >= 15 is 0 Å². The lowest BCUT2D eigenvalue weighted by Crippen LogP contribution is -2.50. The molecule has 1 saturated heterocycles. The van der Waals surface area contributed by atoms with Crippen LogP contribution in [0, 0.1) is 0 Å². The Balaban J connectivity index is 1.50. The number of hydrogen-bond acceptors (Lipinski definition) is 3. The highest BCUT2D eigenvalue weighted by Crippen LogP contribution is 2.33. The van der Waals surface area contributed by atoms with Gasteiger partial charge in [0.1, 0.15) is 0 Å². The summed E-state index contributed by atoms with van der Waals surface area (Å²) < 4.78 is 0. The largest absolute Gasteiger partial charge is 0.393 e. The van der Waals surface area contributed by atoms with Crippen LogP contribution in [0.5, 0.6) is 0 Å². The van der Waals surface area contributed by atoms with E-state index < -0.39 is 6.10 Å². The van der Waals surface area contributed by atoms with Crippen molar-refractivity contribution in [2.45, 2.75) is 44.9 Å². The highest BCUT2D eigenvalue weighted by Gasteiger charge is 2.30. The molecule has 2 N–H and O–H groups in total. The average molecular weight is 455 g/mol. The average Bonchev–Trinajstić information content (AvgIpc) is 2.88. The number of piperidine rings is 1. The molecule has 34 heavy (non-hydrogen) atoms. The summed E-state index contributed by atoms with van der Waals surface area (Å²) in [7, 11) is 0. The Hall–Kier alpha value is -3.21. The first-order valence-corrected chi connectivity index (χ1v) is 12.2. The highest BCUT2D eigenvalue weighted by atomic mass is 16.3. The summed E-state index contributed by atoms with van der Waals surface area (Å²) in [6.45, 7) is 3.86. The van der Waals surface area contributed by atoms with E-state index in [1.54, 1.807) is 6.92 Å². The molecule has 1 amide bonds. The molecule has 0 aromatic heterocycles. The third-order valence-electron chi connectivity index (χ3n) is 6.50. The molecule has 1 aliphatic rings. The van der Waals surface area contributed by atoms with Gasteiger partial charge in [-0.15, -0.1) is 0 Å². The number of likely N-dealkylation sites (tertiary alicyclic amines) is 1. The molecule has 0 bridgehead atoms. The van der Waals surface area contributed by atoms with Crippen LogP contribution in [0.15, 0.2) is 96.6 Å². The Morgan fingerprint density at radius 2 is 1.35 bits per heavy atom. The van der Waals surface area contributed by atoms with Crippen molar-refractivity contribution in [3.05, 3.63) is 113 Å². The van der Waals surface area contributed by atoms with Crippen LogP contribution >= 0.6 is 0 Å². The van der Waals surface area contributed by atoms with Crippen molar-refractivity contribution in [3.63, 3.8) is 0 Å². The van der Waals surface area contributed by atoms with Crippen molar-refractivity contribution < 1.29 is 9.90 Å². The van der Waals surface area contributed by atoms with Gasteiger partial charge in [-0.1, -0.05) is 96.6 Å². The summed E-state index contributed by atoms with van der Waals surface area (Å²) in [6.07, 6.45) is 1.71.